The number of likely N-dealkylation sites (N-methyl/N-ethyl adjacent to an activating group) is 1. The van der Waals surface area contributed by atoms with E-state index >= 15 is 0 Å². The first kappa shape index (κ1) is 15.9. The van der Waals surface area contributed by atoms with Crippen molar-refractivity contribution in [1.29, 1.82) is 0 Å². The predicted octanol–water partition coefficient (Wildman–Crippen LogP) is 2.44. The molecule has 0 aromatic carbocycles. The van der Waals surface area contributed by atoms with E-state index in [9.17, 15) is 13.2 Å². The summed E-state index contributed by atoms with van der Waals surface area (Å²) in [6, 6.07) is 3.87. The minimum absolute atomic E-state index is 0.0421. The van der Waals surface area contributed by atoms with Crippen molar-refractivity contribution in [2.24, 2.45) is 0 Å². The van der Waals surface area contributed by atoms with Crippen LogP contribution in [-0.2, 0) is 6.54 Å². The summed E-state index contributed by atoms with van der Waals surface area (Å²) in [5.41, 5.74) is 1.11. The number of rotatable bonds is 7. The van der Waals surface area contributed by atoms with Gasteiger partial charge >= 0.3 is 6.18 Å². The third-order valence-corrected chi connectivity index (χ3v) is 2.93. The molecule has 3 nitrogen and oxygen atoms in total. The fourth-order valence-corrected chi connectivity index (χ4v) is 1.85. The average Bonchev–Trinajstić information content (AvgIpc) is 2.35. The van der Waals surface area contributed by atoms with Crippen LogP contribution in [0.1, 0.15) is 19.4 Å². The van der Waals surface area contributed by atoms with Crippen LogP contribution in [0, 0.1) is 0 Å². The van der Waals surface area contributed by atoms with Gasteiger partial charge in [0, 0.05) is 31.5 Å². The first-order valence-corrected chi connectivity index (χ1v) is 6.32. The van der Waals surface area contributed by atoms with E-state index in [1.807, 2.05) is 26.0 Å². The highest BCUT2D eigenvalue weighted by atomic mass is 19.4. The fraction of sp³-hybridized carbons (Fsp3) is 0.615. The second-order valence-electron chi connectivity index (χ2n) is 4.51. The lowest BCUT2D eigenvalue weighted by molar-refractivity contribution is -0.125. The Balaban J connectivity index is 2.41. The highest BCUT2D eigenvalue weighted by molar-refractivity contribution is 5.09. The molecule has 108 valence electrons. The van der Waals surface area contributed by atoms with Crippen LogP contribution in [0.3, 0.4) is 0 Å². The number of hydrogen-bond acceptors (Lipinski definition) is 3. The number of pyridine rings is 1. The SMILES string of the molecule is CCN(Cc1ccncc1)C(C)CNCC(F)(F)F. The summed E-state index contributed by atoms with van der Waals surface area (Å²) >= 11 is 0. The summed E-state index contributed by atoms with van der Waals surface area (Å²) in [4.78, 5) is 6.07. The molecule has 0 amide bonds. The van der Waals surface area contributed by atoms with E-state index in [-0.39, 0.29) is 6.04 Å². The molecule has 1 aromatic heterocycles. The molecule has 1 aromatic rings. The third kappa shape index (κ3) is 6.54. The average molecular weight is 275 g/mol. The van der Waals surface area contributed by atoms with Crippen LogP contribution in [0.5, 0.6) is 0 Å². The lowest BCUT2D eigenvalue weighted by Gasteiger charge is -2.28. The van der Waals surface area contributed by atoms with Gasteiger partial charge in [0.05, 0.1) is 6.54 Å². The molecule has 1 unspecified atom stereocenters. The molecular weight excluding hydrogens is 255 g/mol. The van der Waals surface area contributed by atoms with E-state index in [0.29, 0.717) is 13.1 Å². The van der Waals surface area contributed by atoms with Gasteiger partial charge in [0.25, 0.3) is 0 Å². The van der Waals surface area contributed by atoms with Gasteiger partial charge in [-0.25, -0.2) is 0 Å². The molecule has 0 bridgehead atoms. The van der Waals surface area contributed by atoms with Crippen LogP contribution in [0.15, 0.2) is 24.5 Å². The zero-order chi connectivity index (χ0) is 14.3. The van der Waals surface area contributed by atoms with E-state index in [0.717, 1.165) is 12.1 Å². The molecular formula is C13H20F3N3. The highest BCUT2D eigenvalue weighted by Gasteiger charge is 2.26. The maximum absolute atomic E-state index is 12.1. The van der Waals surface area contributed by atoms with E-state index in [1.165, 1.54) is 0 Å². The van der Waals surface area contributed by atoms with Crippen molar-refractivity contribution in [1.82, 2.24) is 15.2 Å². The van der Waals surface area contributed by atoms with Gasteiger partial charge in [-0.3, -0.25) is 9.88 Å². The largest absolute Gasteiger partial charge is 0.401 e. The number of halogens is 3. The van der Waals surface area contributed by atoms with Gasteiger partial charge in [-0.2, -0.15) is 13.2 Å². The zero-order valence-corrected chi connectivity index (χ0v) is 11.2. The zero-order valence-electron chi connectivity index (χ0n) is 11.2. The molecule has 1 heterocycles. The first-order valence-electron chi connectivity index (χ1n) is 6.32. The van der Waals surface area contributed by atoms with Crippen molar-refractivity contribution in [3.8, 4) is 0 Å². The number of alkyl halides is 3. The predicted molar refractivity (Wildman–Crippen MR) is 68.7 cm³/mol. The van der Waals surface area contributed by atoms with Crippen molar-refractivity contribution < 1.29 is 13.2 Å². The van der Waals surface area contributed by atoms with E-state index < -0.39 is 12.7 Å². The van der Waals surface area contributed by atoms with Crippen molar-refractivity contribution in [2.45, 2.75) is 32.6 Å². The molecule has 0 spiro atoms. The first-order chi connectivity index (χ1) is 8.92. The van der Waals surface area contributed by atoms with Crippen molar-refractivity contribution >= 4 is 0 Å². The van der Waals surface area contributed by atoms with Gasteiger partial charge in [-0.1, -0.05) is 6.92 Å². The number of nitrogens with zero attached hydrogens (tertiary/aromatic N) is 2. The molecule has 1 atom stereocenters. The summed E-state index contributed by atoms with van der Waals surface area (Å²) in [5.74, 6) is 0. The molecule has 0 saturated carbocycles. The Labute approximate surface area is 111 Å². The Morgan fingerprint density at radius 1 is 1.32 bits per heavy atom. The van der Waals surface area contributed by atoms with Gasteiger partial charge < -0.3 is 5.32 Å². The molecule has 0 aliphatic heterocycles. The van der Waals surface area contributed by atoms with E-state index in [4.69, 9.17) is 0 Å². The molecule has 1 rings (SSSR count). The van der Waals surface area contributed by atoms with Crippen molar-refractivity contribution in [3.05, 3.63) is 30.1 Å². The highest BCUT2D eigenvalue weighted by Crippen LogP contribution is 2.12. The maximum Gasteiger partial charge on any atom is 0.401 e. The Morgan fingerprint density at radius 3 is 2.47 bits per heavy atom. The third-order valence-electron chi connectivity index (χ3n) is 2.93. The molecule has 0 aliphatic rings. The van der Waals surface area contributed by atoms with Crippen LogP contribution in [0.2, 0.25) is 0 Å². The Morgan fingerprint density at radius 2 is 1.95 bits per heavy atom. The van der Waals surface area contributed by atoms with Crippen molar-refractivity contribution in [2.75, 3.05) is 19.6 Å². The molecule has 6 heteroatoms. The van der Waals surface area contributed by atoms with Crippen LogP contribution in [0.4, 0.5) is 13.2 Å². The van der Waals surface area contributed by atoms with Crippen molar-refractivity contribution in [3.63, 3.8) is 0 Å². The van der Waals surface area contributed by atoms with Gasteiger partial charge in [0.1, 0.15) is 0 Å². The topological polar surface area (TPSA) is 28.2 Å². The van der Waals surface area contributed by atoms with Crippen LogP contribution >= 0.6 is 0 Å². The maximum atomic E-state index is 12.1. The second kappa shape index (κ2) is 7.45. The number of hydrogen-bond donors (Lipinski definition) is 1. The lowest BCUT2D eigenvalue weighted by atomic mass is 10.2. The smallest absolute Gasteiger partial charge is 0.307 e. The normalized spacial score (nSPS) is 13.8. The molecule has 0 fully saturated rings. The van der Waals surface area contributed by atoms with Crippen LogP contribution in [-0.4, -0.2) is 41.7 Å². The molecule has 19 heavy (non-hydrogen) atoms. The molecule has 0 radical (unpaired) electrons. The minimum atomic E-state index is -4.15. The number of aromatic nitrogens is 1. The van der Waals surface area contributed by atoms with Gasteiger partial charge in [0.2, 0.25) is 0 Å². The van der Waals surface area contributed by atoms with Gasteiger partial charge in [-0.05, 0) is 31.2 Å². The summed E-state index contributed by atoms with van der Waals surface area (Å²) in [6.07, 6.45) is -0.715. The Hall–Kier alpha value is -1.14. The summed E-state index contributed by atoms with van der Waals surface area (Å²) in [5, 5.41) is 2.45. The van der Waals surface area contributed by atoms with E-state index in [2.05, 4.69) is 15.2 Å². The van der Waals surface area contributed by atoms with Crippen LogP contribution in [0.25, 0.3) is 0 Å². The van der Waals surface area contributed by atoms with E-state index in [1.54, 1.807) is 12.4 Å². The van der Waals surface area contributed by atoms with Gasteiger partial charge in [0.15, 0.2) is 0 Å². The standard InChI is InChI=1S/C13H20F3N3/c1-3-19(9-12-4-6-17-7-5-12)11(2)8-18-10-13(14,15)16/h4-7,11,18H,3,8-10H2,1-2H3. The summed E-state index contributed by atoms with van der Waals surface area (Å²) < 4.78 is 36.2. The summed E-state index contributed by atoms with van der Waals surface area (Å²) in [6.45, 7) is 4.81. The molecule has 1 N–H and O–H groups in total. The minimum Gasteiger partial charge on any atom is -0.307 e. The lowest BCUT2D eigenvalue weighted by Crippen LogP contribution is -2.42. The Bertz CT molecular complexity index is 354. The second-order valence-corrected chi connectivity index (χ2v) is 4.51. The fourth-order valence-electron chi connectivity index (χ4n) is 1.85. The van der Waals surface area contributed by atoms with Crippen LogP contribution < -0.4 is 5.32 Å². The monoisotopic (exact) mass is 275 g/mol. The summed E-state index contributed by atoms with van der Waals surface area (Å²) in [7, 11) is 0. The quantitative estimate of drug-likeness (QED) is 0.828. The Kier molecular flexibility index (Phi) is 6.24. The molecule has 0 aliphatic carbocycles. The number of nitrogens with one attached hydrogen (secondary N) is 1. The molecule has 0 saturated heterocycles. The van der Waals surface area contributed by atoms with Gasteiger partial charge in [-0.15, -0.1) is 0 Å².